The van der Waals surface area contributed by atoms with Gasteiger partial charge >= 0.3 is 0 Å². The minimum absolute atomic E-state index is 0.330. The largest absolute Gasteiger partial charge is 0.158 e. The Balaban J connectivity index is 2.81. The van der Waals surface area contributed by atoms with Crippen molar-refractivity contribution in [3.63, 3.8) is 0 Å². The van der Waals surface area contributed by atoms with E-state index < -0.39 is 0 Å². The molecule has 0 bridgehead atoms. The predicted molar refractivity (Wildman–Crippen MR) is 42.0 cm³/mol. The van der Waals surface area contributed by atoms with Gasteiger partial charge in [-0.05, 0) is 0 Å². The zero-order valence-electron chi connectivity index (χ0n) is 3.33. The van der Waals surface area contributed by atoms with E-state index in [1.165, 1.54) is 0 Å². The van der Waals surface area contributed by atoms with Crippen LogP contribution in [0.1, 0.15) is 0 Å². The van der Waals surface area contributed by atoms with Gasteiger partial charge < -0.3 is 0 Å². The highest BCUT2D eigenvalue weighted by atomic mass is 33.5. The molecule has 38 valence electrons. The highest BCUT2D eigenvalue weighted by Crippen LogP contribution is 2.33. The molecule has 0 saturated heterocycles. The third kappa shape index (κ3) is 4.79. The Labute approximate surface area is 51.0 Å². The van der Waals surface area contributed by atoms with Crippen LogP contribution in [0.3, 0.4) is 0 Å². The van der Waals surface area contributed by atoms with E-state index in [0.29, 0.717) is 0 Å². The molecule has 6 heavy (non-hydrogen) atoms. The summed E-state index contributed by atoms with van der Waals surface area (Å²) < 4.78 is 0. The summed E-state index contributed by atoms with van der Waals surface area (Å²) in [7, 11) is -0.330. The van der Waals surface area contributed by atoms with Crippen LogP contribution in [-0.4, -0.2) is 5.75 Å². The molecular formula is C3H8S3. The molecule has 0 radical (unpaired) electrons. The SMILES string of the molecule is C=CC[SH](S)S. The molecule has 0 heterocycles. The zero-order valence-corrected chi connectivity index (χ0v) is 6.02. The first-order valence-corrected chi connectivity index (χ1v) is 5.37. The Morgan fingerprint density at radius 2 is 2.17 bits per heavy atom. The fraction of sp³-hybridized carbons (Fsp3) is 0.333. The predicted octanol–water partition coefficient (Wildman–Crippen LogP) is 1.86. The van der Waals surface area contributed by atoms with Crippen LogP contribution in [0.4, 0.5) is 0 Å². The van der Waals surface area contributed by atoms with Crippen LogP contribution < -0.4 is 0 Å². The van der Waals surface area contributed by atoms with Gasteiger partial charge in [-0.2, -0.15) is 8.96 Å². The summed E-state index contributed by atoms with van der Waals surface area (Å²) in [5.41, 5.74) is 0. The van der Waals surface area contributed by atoms with E-state index >= 15 is 0 Å². The number of hydrogen-bond acceptors (Lipinski definition) is 2. The number of rotatable bonds is 2. The lowest BCUT2D eigenvalue weighted by atomic mass is 10.8. The quantitative estimate of drug-likeness (QED) is 0.291. The summed E-state index contributed by atoms with van der Waals surface area (Å²) in [5.74, 6) is 0.932. The molecule has 0 aromatic carbocycles. The van der Waals surface area contributed by atoms with Gasteiger partial charge in [0.15, 0.2) is 0 Å². The lowest BCUT2D eigenvalue weighted by molar-refractivity contribution is 1.84. The summed E-state index contributed by atoms with van der Waals surface area (Å²) in [6.07, 6.45) is 1.83. The van der Waals surface area contributed by atoms with Gasteiger partial charge in [0.25, 0.3) is 0 Å². The summed E-state index contributed by atoms with van der Waals surface area (Å²) in [4.78, 5) is 0. The van der Waals surface area contributed by atoms with E-state index in [9.17, 15) is 0 Å². The van der Waals surface area contributed by atoms with Gasteiger partial charge in [-0.1, -0.05) is 6.08 Å². The van der Waals surface area contributed by atoms with Crippen LogP contribution in [0.2, 0.25) is 0 Å². The maximum absolute atomic E-state index is 4.04. The first kappa shape index (κ1) is 6.79. The molecule has 0 N–H and O–H groups in total. The lowest BCUT2D eigenvalue weighted by Crippen LogP contribution is -1.61. The molecule has 0 amide bonds. The summed E-state index contributed by atoms with van der Waals surface area (Å²) >= 11 is 8.07. The van der Waals surface area contributed by atoms with Crippen molar-refractivity contribution in [1.82, 2.24) is 0 Å². The van der Waals surface area contributed by atoms with E-state index in [2.05, 4.69) is 29.9 Å². The average Bonchev–Trinajstić information content (AvgIpc) is 1.35. The topological polar surface area (TPSA) is 0 Å². The standard InChI is InChI=1S/C3H8S3/c1-2-3-6(4)5/h2,4-6H,1,3H2. The summed E-state index contributed by atoms with van der Waals surface area (Å²) in [6, 6.07) is 0. The van der Waals surface area contributed by atoms with Crippen molar-refractivity contribution in [3.05, 3.63) is 12.7 Å². The molecule has 0 saturated carbocycles. The second kappa shape index (κ2) is 3.96. The summed E-state index contributed by atoms with van der Waals surface area (Å²) in [5, 5.41) is 0. The highest BCUT2D eigenvalue weighted by Gasteiger charge is 1.78. The van der Waals surface area contributed by atoms with Crippen LogP contribution in [-0.2, 0) is 0 Å². The van der Waals surface area contributed by atoms with Crippen molar-refractivity contribution >= 4 is 32.3 Å². The van der Waals surface area contributed by atoms with E-state index in [0.717, 1.165) is 5.75 Å². The van der Waals surface area contributed by atoms with Gasteiger partial charge in [-0.15, -0.1) is 29.9 Å². The molecule has 0 nitrogen and oxygen atoms in total. The van der Waals surface area contributed by atoms with Crippen molar-refractivity contribution in [2.24, 2.45) is 0 Å². The van der Waals surface area contributed by atoms with Crippen LogP contribution in [0.25, 0.3) is 0 Å². The molecule has 0 aliphatic carbocycles. The molecule has 0 rings (SSSR count). The maximum atomic E-state index is 4.04. The second-order valence-electron chi connectivity index (χ2n) is 0.844. The normalized spacial score (nSPS) is 10.7. The minimum atomic E-state index is -0.330. The molecule has 0 fully saturated rings. The van der Waals surface area contributed by atoms with E-state index in [1.54, 1.807) is 0 Å². The molecule has 0 atom stereocenters. The molecule has 3 heteroatoms. The van der Waals surface area contributed by atoms with Gasteiger partial charge in [0, 0.05) is 5.75 Å². The monoisotopic (exact) mass is 140 g/mol. The van der Waals surface area contributed by atoms with Crippen molar-refractivity contribution in [2.45, 2.75) is 0 Å². The zero-order chi connectivity index (χ0) is 4.99. The van der Waals surface area contributed by atoms with E-state index in [4.69, 9.17) is 0 Å². The minimum Gasteiger partial charge on any atom is -0.158 e. The third-order valence-electron chi connectivity index (χ3n) is 0.292. The Morgan fingerprint density at radius 1 is 1.67 bits per heavy atom. The number of hydrogen-bond donors (Lipinski definition) is 3. The molecule has 0 aromatic rings. The van der Waals surface area contributed by atoms with Crippen molar-refractivity contribution in [1.29, 1.82) is 0 Å². The number of thiol groups is 3. The van der Waals surface area contributed by atoms with Gasteiger partial charge in [-0.25, -0.2) is 0 Å². The highest BCUT2D eigenvalue weighted by molar-refractivity contribution is 9.09. The van der Waals surface area contributed by atoms with Gasteiger partial charge in [0.05, 0.1) is 0 Å². The van der Waals surface area contributed by atoms with Gasteiger partial charge in [0.2, 0.25) is 0 Å². The molecule has 0 aromatic heterocycles. The molecule has 0 aliphatic heterocycles. The van der Waals surface area contributed by atoms with Crippen molar-refractivity contribution in [3.8, 4) is 0 Å². The van der Waals surface area contributed by atoms with Crippen LogP contribution in [0.5, 0.6) is 0 Å². The fourth-order valence-corrected chi connectivity index (χ4v) is 1.04. The van der Waals surface area contributed by atoms with Crippen LogP contribution in [0, 0.1) is 0 Å². The van der Waals surface area contributed by atoms with Crippen LogP contribution in [0.15, 0.2) is 12.7 Å². The van der Waals surface area contributed by atoms with E-state index in [1.807, 2.05) is 6.08 Å². The average molecular weight is 140 g/mol. The van der Waals surface area contributed by atoms with Crippen molar-refractivity contribution < 1.29 is 0 Å². The van der Waals surface area contributed by atoms with Crippen molar-refractivity contribution in [2.75, 3.05) is 5.75 Å². The third-order valence-corrected chi connectivity index (χ3v) is 1.86. The van der Waals surface area contributed by atoms with E-state index in [-0.39, 0.29) is 8.96 Å². The molecule has 0 aliphatic rings. The Morgan fingerprint density at radius 3 is 2.17 bits per heavy atom. The Kier molecular flexibility index (Phi) is 4.48. The molecule has 0 unspecified atom stereocenters. The molecule has 0 spiro atoms. The van der Waals surface area contributed by atoms with Crippen LogP contribution >= 0.6 is 32.3 Å². The maximum Gasteiger partial charge on any atom is 0.00937 e. The Bertz CT molecular complexity index is 41.3. The summed E-state index contributed by atoms with van der Waals surface area (Å²) in [6.45, 7) is 3.52. The second-order valence-corrected chi connectivity index (χ2v) is 5.80. The van der Waals surface area contributed by atoms with Gasteiger partial charge in [-0.3, -0.25) is 0 Å². The fourth-order valence-electron chi connectivity index (χ4n) is 0.115. The first-order chi connectivity index (χ1) is 2.77. The van der Waals surface area contributed by atoms with Gasteiger partial charge in [0.1, 0.15) is 0 Å². The molecular weight excluding hydrogens is 132 g/mol. The smallest absolute Gasteiger partial charge is 0.00937 e. The lowest BCUT2D eigenvalue weighted by Gasteiger charge is -1.97. The Hall–Kier alpha value is 0.790. The first-order valence-electron chi connectivity index (χ1n) is 1.53.